The number of para-hydroxylation sites is 1. The second kappa shape index (κ2) is 8.70. The van der Waals surface area contributed by atoms with Crippen LogP contribution in [0.5, 0.6) is 0 Å². The summed E-state index contributed by atoms with van der Waals surface area (Å²) in [6.07, 6.45) is 4.77. The Labute approximate surface area is 151 Å². The highest BCUT2D eigenvalue weighted by atomic mass is 16.1. The normalized spacial score (nSPS) is 13.4. The van der Waals surface area contributed by atoms with Crippen molar-refractivity contribution in [1.29, 1.82) is 0 Å². The molecule has 1 N–H and O–H groups in total. The van der Waals surface area contributed by atoms with E-state index in [1.165, 1.54) is 35.2 Å². The van der Waals surface area contributed by atoms with Gasteiger partial charge in [0.05, 0.1) is 0 Å². The van der Waals surface area contributed by atoms with E-state index in [2.05, 4.69) is 65.7 Å². The van der Waals surface area contributed by atoms with E-state index < -0.39 is 0 Å². The summed E-state index contributed by atoms with van der Waals surface area (Å²) in [5.74, 6) is 0.152. The van der Waals surface area contributed by atoms with E-state index >= 15 is 0 Å². The first-order valence-corrected chi connectivity index (χ1v) is 9.37. The Balaban J connectivity index is 1.36. The minimum atomic E-state index is 0.152. The first-order valence-electron chi connectivity index (χ1n) is 9.37. The molecule has 3 rings (SSSR count). The van der Waals surface area contributed by atoms with E-state index in [4.69, 9.17) is 0 Å². The molecular formula is C22H28N2O. The highest BCUT2D eigenvalue weighted by Gasteiger charge is 2.15. The minimum Gasteiger partial charge on any atom is -0.371 e. The second-order valence-corrected chi connectivity index (χ2v) is 6.91. The largest absolute Gasteiger partial charge is 0.371 e. The van der Waals surface area contributed by atoms with Crippen molar-refractivity contribution < 1.29 is 4.79 Å². The first kappa shape index (κ1) is 17.5. The summed E-state index contributed by atoms with van der Waals surface area (Å²) in [5, 5.41) is 3.06. The van der Waals surface area contributed by atoms with Crippen LogP contribution in [0.4, 0.5) is 5.69 Å². The summed E-state index contributed by atoms with van der Waals surface area (Å²) >= 11 is 0. The van der Waals surface area contributed by atoms with Gasteiger partial charge >= 0.3 is 0 Å². The van der Waals surface area contributed by atoms with Crippen LogP contribution >= 0.6 is 0 Å². The van der Waals surface area contributed by atoms with E-state index in [0.29, 0.717) is 6.42 Å². The third-order valence-electron chi connectivity index (χ3n) is 4.89. The molecule has 0 aliphatic carbocycles. The summed E-state index contributed by atoms with van der Waals surface area (Å²) < 4.78 is 0. The third-order valence-corrected chi connectivity index (χ3v) is 4.89. The number of rotatable bonds is 7. The molecule has 2 aromatic carbocycles. The highest BCUT2D eigenvalue weighted by molar-refractivity contribution is 5.76. The van der Waals surface area contributed by atoms with Crippen molar-refractivity contribution >= 4 is 11.6 Å². The average Bonchev–Trinajstić information content (AvgIpc) is 2.65. The topological polar surface area (TPSA) is 32.3 Å². The van der Waals surface area contributed by atoms with Gasteiger partial charge in [0.1, 0.15) is 0 Å². The molecule has 132 valence electrons. The van der Waals surface area contributed by atoms with Crippen molar-refractivity contribution in [3.8, 4) is 0 Å². The molecule has 1 aliphatic heterocycles. The van der Waals surface area contributed by atoms with E-state index in [1.54, 1.807) is 0 Å². The molecule has 0 fully saturated rings. The first-order chi connectivity index (χ1) is 12.2. The van der Waals surface area contributed by atoms with Crippen molar-refractivity contribution in [2.24, 2.45) is 0 Å². The van der Waals surface area contributed by atoms with Gasteiger partial charge in [-0.15, -0.1) is 0 Å². The molecule has 0 atom stereocenters. The molecule has 1 amide bonds. The van der Waals surface area contributed by atoms with Gasteiger partial charge in [0.15, 0.2) is 0 Å². The predicted molar refractivity (Wildman–Crippen MR) is 104 cm³/mol. The zero-order valence-corrected chi connectivity index (χ0v) is 15.1. The molecule has 0 aromatic heterocycles. The van der Waals surface area contributed by atoms with E-state index in [1.807, 2.05) is 0 Å². The summed E-state index contributed by atoms with van der Waals surface area (Å²) in [6.45, 7) is 4.97. The van der Waals surface area contributed by atoms with Gasteiger partial charge in [0, 0.05) is 31.7 Å². The Hall–Kier alpha value is -2.29. The van der Waals surface area contributed by atoms with Gasteiger partial charge in [0.2, 0.25) is 5.91 Å². The molecule has 1 heterocycles. The zero-order chi connectivity index (χ0) is 17.5. The number of nitrogens with zero attached hydrogens (tertiary/aromatic N) is 1. The Bertz CT molecular complexity index is 693. The number of fused-ring (bicyclic) bond motifs is 1. The van der Waals surface area contributed by atoms with E-state index in [-0.39, 0.29) is 5.91 Å². The van der Waals surface area contributed by atoms with E-state index in [9.17, 15) is 4.79 Å². The fourth-order valence-electron chi connectivity index (χ4n) is 3.44. The molecule has 0 saturated heterocycles. The lowest BCUT2D eigenvalue weighted by Crippen LogP contribution is -2.33. The van der Waals surface area contributed by atoms with Crippen LogP contribution in [0, 0.1) is 6.92 Å². The Morgan fingerprint density at radius 3 is 2.76 bits per heavy atom. The molecule has 0 spiro atoms. The zero-order valence-electron chi connectivity index (χ0n) is 15.1. The smallest absolute Gasteiger partial charge is 0.220 e. The second-order valence-electron chi connectivity index (χ2n) is 6.91. The molecule has 2 aromatic rings. The number of hydrogen-bond acceptors (Lipinski definition) is 2. The quantitative estimate of drug-likeness (QED) is 0.778. The van der Waals surface area contributed by atoms with Gasteiger partial charge in [0.25, 0.3) is 0 Å². The summed E-state index contributed by atoms with van der Waals surface area (Å²) in [7, 11) is 0. The number of carbonyl (C=O) groups is 1. The molecule has 3 heteroatoms. The standard InChI is InChI=1S/C22H28N2O/c1-18-9-11-19(12-10-18)13-14-22(25)23-15-5-17-24-16-4-7-20-6-2-3-8-21(20)24/h2-3,6,8-12H,4-5,7,13-17H2,1H3,(H,23,25). The molecule has 1 aliphatic rings. The third kappa shape index (κ3) is 5.09. The molecule has 0 radical (unpaired) electrons. The molecular weight excluding hydrogens is 308 g/mol. The summed E-state index contributed by atoms with van der Waals surface area (Å²) in [4.78, 5) is 14.5. The van der Waals surface area contributed by atoms with Gasteiger partial charge in [-0.3, -0.25) is 4.79 Å². The Morgan fingerprint density at radius 1 is 1.12 bits per heavy atom. The molecule has 0 unspecified atom stereocenters. The predicted octanol–water partition coefficient (Wildman–Crippen LogP) is 3.89. The van der Waals surface area contributed by atoms with Crippen LogP contribution < -0.4 is 10.2 Å². The van der Waals surface area contributed by atoms with Crippen LogP contribution in [0.15, 0.2) is 48.5 Å². The lowest BCUT2D eigenvalue weighted by atomic mass is 10.0. The summed E-state index contributed by atoms with van der Waals surface area (Å²) in [6, 6.07) is 17.1. The van der Waals surface area contributed by atoms with Crippen LogP contribution in [-0.4, -0.2) is 25.5 Å². The number of aryl methyl sites for hydroxylation is 3. The maximum Gasteiger partial charge on any atom is 0.220 e. The summed E-state index contributed by atoms with van der Waals surface area (Å²) in [5.41, 5.74) is 5.31. The average molecular weight is 336 g/mol. The monoisotopic (exact) mass is 336 g/mol. The lowest BCUT2D eigenvalue weighted by molar-refractivity contribution is -0.121. The number of amides is 1. The van der Waals surface area contributed by atoms with Gasteiger partial charge < -0.3 is 10.2 Å². The molecule has 25 heavy (non-hydrogen) atoms. The van der Waals surface area contributed by atoms with Crippen molar-refractivity contribution in [3.63, 3.8) is 0 Å². The lowest BCUT2D eigenvalue weighted by Gasteiger charge is -2.31. The maximum atomic E-state index is 12.0. The van der Waals surface area contributed by atoms with Crippen molar-refractivity contribution in [2.75, 3.05) is 24.5 Å². The van der Waals surface area contributed by atoms with Gasteiger partial charge in [-0.1, -0.05) is 48.0 Å². The van der Waals surface area contributed by atoms with Gasteiger partial charge in [-0.25, -0.2) is 0 Å². The van der Waals surface area contributed by atoms with Crippen LogP contribution in [0.25, 0.3) is 0 Å². The van der Waals surface area contributed by atoms with Crippen LogP contribution in [0.3, 0.4) is 0 Å². The highest BCUT2D eigenvalue weighted by Crippen LogP contribution is 2.26. The van der Waals surface area contributed by atoms with E-state index in [0.717, 1.165) is 32.5 Å². The van der Waals surface area contributed by atoms with Gasteiger partial charge in [-0.2, -0.15) is 0 Å². The molecule has 3 nitrogen and oxygen atoms in total. The van der Waals surface area contributed by atoms with Crippen LogP contribution in [0.1, 0.15) is 36.0 Å². The fourth-order valence-corrected chi connectivity index (χ4v) is 3.44. The minimum absolute atomic E-state index is 0.152. The van der Waals surface area contributed by atoms with Gasteiger partial charge in [-0.05, 0) is 49.8 Å². The molecule has 0 bridgehead atoms. The number of nitrogens with one attached hydrogen (secondary N) is 1. The van der Waals surface area contributed by atoms with Crippen LogP contribution in [0.2, 0.25) is 0 Å². The number of hydrogen-bond donors (Lipinski definition) is 1. The van der Waals surface area contributed by atoms with Crippen molar-refractivity contribution in [3.05, 3.63) is 65.2 Å². The maximum absolute atomic E-state index is 12.0. The van der Waals surface area contributed by atoms with Crippen molar-refractivity contribution in [2.45, 2.75) is 39.0 Å². The number of anilines is 1. The molecule has 0 saturated carbocycles. The Kier molecular flexibility index (Phi) is 6.10. The van der Waals surface area contributed by atoms with Crippen molar-refractivity contribution in [1.82, 2.24) is 5.32 Å². The number of benzene rings is 2. The van der Waals surface area contributed by atoms with Crippen LogP contribution in [-0.2, 0) is 17.6 Å². The number of carbonyl (C=O) groups excluding carboxylic acids is 1. The Morgan fingerprint density at radius 2 is 1.92 bits per heavy atom. The SMILES string of the molecule is Cc1ccc(CCC(=O)NCCCN2CCCc3ccccc32)cc1. The fraction of sp³-hybridized carbons (Fsp3) is 0.409.